The minimum Gasteiger partial charge on any atom is -0.308 e. The Hall–Kier alpha value is -2.84. The summed E-state index contributed by atoms with van der Waals surface area (Å²) >= 11 is 1.49. The van der Waals surface area contributed by atoms with Gasteiger partial charge in [-0.2, -0.15) is 0 Å². The lowest BCUT2D eigenvalue weighted by molar-refractivity contribution is -0.384. The van der Waals surface area contributed by atoms with Gasteiger partial charge in [0.2, 0.25) is 0 Å². The summed E-state index contributed by atoms with van der Waals surface area (Å²) in [7, 11) is 3.89. The summed E-state index contributed by atoms with van der Waals surface area (Å²) in [6, 6.07) is 9.81. The highest BCUT2D eigenvalue weighted by Crippen LogP contribution is 2.32. The van der Waals surface area contributed by atoms with E-state index in [-0.39, 0.29) is 11.6 Å². The van der Waals surface area contributed by atoms with Crippen LogP contribution in [0.2, 0.25) is 0 Å². The fourth-order valence-corrected chi connectivity index (χ4v) is 3.99. The standard InChI is InChI=1S/C20H22N4O3S/c1-13-11-14(2)18-17(12-13)21-20(28-18)23(10-9-22(3)4)19(25)15-5-7-16(8-6-15)24(26)27/h5-8,11-12H,9-10H2,1-4H3. The van der Waals surface area contributed by atoms with Crippen LogP contribution in [0.25, 0.3) is 10.2 Å². The summed E-state index contributed by atoms with van der Waals surface area (Å²) in [4.78, 5) is 31.9. The van der Waals surface area contributed by atoms with Crippen molar-refractivity contribution in [1.82, 2.24) is 9.88 Å². The number of nitro benzene ring substituents is 1. The molecule has 0 spiro atoms. The number of fused-ring (bicyclic) bond motifs is 1. The van der Waals surface area contributed by atoms with Crippen LogP contribution in [0, 0.1) is 24.0 Å². The van der Waals surface area contributed by atoms with E-state index in [1.54, 1.807) is 4.90 Å². The van der Waals surface area contributed by atoms with Crippen molar-refractivity contribution in [2.75, 3.05) is 32.1 Å². The van der Waals surface area contributed by atoms with Gasteiger partial charge in [0.15, 0.2) is 5.13 Å². The largest absolute Gasteiger partial charge is 0.308 e. The Morgan fingerprint density at radius 2 is 1.82 bits per heavy atom. The van der Waals surface area contributed by atoms with Gasteiger partial charge in [-0.25, -0.2) is 4.98 Å². The van der Waals surface area contributed by atoms with E-state index in [1.165, 1.54) is 35.6 Å². The average molecular weight is 398 g/mol. The zero-order valence-corrected chi connectivity index (χ0v) is 17.1. The molecule has 146 valence electrons. The third-order valence-electron chi connectivity index (χ3n) is 4.38. The molecule has 0 atom stereocenters. The zero-order valence-electron chi connectivity index (χ0n) is 16.3. The normalized spacial score (nSPS) is 11.2. The molecule has 0 aliphatic rings. The maximum atomic E-state index is 13.2. The molecule has 1 heterocycles. The first-order chi connectivity index (χ1) is 13.3. The lowest BCUT2D eigenvalue weighted by Gasteiger charge is -2.22. The number of benzene rings is 2. The molecule has 0 aliphatic carbocycles. The van der Waals surface area contributed by atoms with Gasteiger partial charge in [-0.15, -0.1) is 0 Å². The smallest absolute Gasteiger partial charge is 0.269 e. The van der Waals surface area contributed by atoms with Crippen LogP contribution < -0.4 is 4.90 Å². The Labute approximate surface area is 167 Å². The Balaban J connectivity index is 1.99. The molecule has 0 aliphatic heterocycles. The molecule has 0 radical (unpaired) electrons. The van der Waals surface area contributed by atoms with E-state index >= 15 is 0 Å². The second-order valence-corrected chi connectivity index (χ2v) is 7.97. The topological polar surface area (TPSA) is 79.6 Å². The molecule has 0 bridgehead atoms. The highest BCUT2D eigenvalue weighted by molar-refractivity contribution is 7.22. The van der Waals surface area contributed by atoms with Crippen molar-refractivity contribution < 1.29 is 9.72 Å². The third kappa shape index (κ3) is 4.18. The van der Waals surface area contributed by atoms with Crippen LogP contribution in [0.3, 0.4) is 0 Å². The van der Waals surface area contributed by atoms with Gasteiger partial charge in [0, 0.05) is 30.8 Å². The zero-order chi connectivity index (χ0) is 20.4. The number of amides is 1. The number of carbonyl (C=O) groups is 1. The summed E-state index contributed by atoms with van der Waals surface area (Å²) < 4.78 is 1.06. The van der Waals surface area contributed by atoms with Gasteiger partial charge in [-0.05, 0) is 57.3 Å². The molecule has 2 aromatic carbocycles. The van der Waals surface area contributed by atoms with Crippen molar-refractivity contribution >= 4 is 38.3 Å². The van der Waals surface area contributed by atoms with Crippen LogP contribution in [-0.2, 0) is 0 Å². The molecular weight excluding hydrogens is 376 g/mol. The molecular formula is C20H22N4O3S. The monoisotopic (exact) mass is 398 g/mol. The van der Waals surface area contributed by atoms with Crippen molar-refractivity contribution in [3.8, 4) is 0 Å². The number of hydrogen-bond donors (Lipinski definition) is 0. The number of aromatic nitrogens is 1. The van der Waals surface area contributed by atoms with E-state index in [1.807, 2.05) is 38.9 Å². The van der Waals surface area contributed by atoms with Gasteiger partial charge in [-0.3, -0.25) is 19.8 Å². The number of thiazole rings is 1. The van der Waals surface area contributed by atoms with E-state index in [0.717, 1.165) is 21.3 Å². The first kappa shape index (κ1) is 19.9. The van der Waals surface area contributed by atoms with E-state index in [2.05, 4.69) is 6.07 Å². The molecule has 3 aromatic rings. The van der Waals surface area contributed by atoms with Crippen molar-refractivity contribution in [2.45, 2.75) is 13.8 Å². The predicted molar refractivity (Wildman–Crippen MR) is 112 cm³/mol. The number of likely N-dealkylation sites (N-methyl/N-ethyl adjacent to an activating group) is 1. The summed E-state index contributed by atoms with van der Waals surface area (Å²) in [6.45, 7) is 5.21. The number of aryl methyl sites for hydroxylation is 2. The second-order valence-electron chi connectivity index (χ2n) is 6.99. The molecule has 1 aromatic heterocycles. The molecule has 28 heavy (non-hydrogen) atoms. The number of hydrogen-bond acceptors (Lipinski definition) is 6. The quantitative estimate of drug-likeness (QED) is 0.463. The summed E-state index contributed by atoms with van der Waals surface area (Å²) in [5.74, 6) is -0.217. The van der Waals surface area contributed by atoms with Crippen LogP contribution in [0.1, 0.15) is 21.5 Å². The number of non-ortho nitro benzene ring substituents is 1. The second kappa shape index (κ2) is 8.04. The lowest BCUT2D eigenvalue weighted by atomic mass is 10.1. The predicted octanol–water partition coefficient (Wildman–Crippen LogP) is 4.03. The van der Waals surface area contributed by atoms with Crippen LogP contribution in [-0.4, -0.2) is 47.9 Å². The van der Waals surface area contributed by atoms with Gasteiger partial charge in [0.05, 0.1) is 15.1 Å². The van der Waals surface area contributed by atoms with Crippen molar-refractivity contribution in [3.05, 3.63) is 63.2 Å². The van der Waals surface area contributed by atoms with Gasteiger partial charge < -0.3 is 4.90 Å². The van der Waals surface area contributed by atoms with Crippen molar-refractivity contribution in [2.24, 2.45) is 0 Å². The Morgan fingerprint density at radius 3 is 2.43 bits per heavy atom. The van der Waals surface area contributed by atoms with Gasteiger partial charge in [0.1, 0.15) is 0 Å². The number of nitrogens with zero attached hydrogens (tertiary/aromatic N) is 4. The molecule has 0 saturated carbocycles. The SMILES string of the molecule is Cc1cc(C)c2sc(N(CCN(C)C)C(=O)c3ccc([N+](=O)[O-])cc3)nc2c1. The molecule has 0 saturated heterocycles. The summed E-state index contributed by atoms with van der Waals surface area (Å²) in [5.41, 5.74) is 3.50. The van der Waals surface area contributed by atoms with Crippen LogP contribution in [0.15, 0.2) is 36.4 Å². The molecule has 0 fully saturated rings. The van der Waals surface area contributed by atoms with Gasteiger partial charge >= 0.3 is 0 Å². The van der Waals surface area contributed by atoms with Crippen LogP contribution >= 0.6 is 11.3 Å². The van der Waals surface area contributed by atoms with Gasteiger partial charge in [-0.1, -0.05) is 17.4 Å². The fraction of sp³-hybridized carbons (Fsp3) is 0.300. The Bertz CT molecular complexity index is 1030. The van der Waals surface area contributed by atoms with E-state index < -0.39 is 4.92 Å². The summed E-state index contributed by atoms with van der Waals surface area (Å²) in [6.07, 6.45) is 0. The molecule has 1 amide bonds. The first-order valence-corrected chi connectivity index (χ1v) is 9.67. The maximum absolute atomic E-state index is 13.2. The van der Waals surface area contributed by atoms with Crippen molar-refractivity contribution in [3.63, 3.8) is 0 Å². The maximum Gasteiger partial charge on any atom is 0.269 e. The minimum atomic E-state index is -0.475. The molecule has 0 unspecified atom stereocenters. The third-order valence-corrected chi connectivity index (χ3v) is 5.61. The average Bonchev–Trinajstić information content (AvgIpc) is 3.05. The fourth-order valence-electron chi connectivity index (χ4n) is 2.95. The Kier molecular flexibility index (Phi) is 5.71. The highest BCUT2D eigenvalue weighted by atomic mass is 32.1. The van der Waals surface area contributed by atoms with Crippen LogP contribution in [0.5, 0.6) is 0 Å². The van der Waals surface area contributed by atoms with E-state index in [9.17, 15) is 14.9 Å². The van der Waals surface area contributed by atoms with Crippen molar-refractivity contribution in [1.29, 1.82) is 0 Å². The summed E-state index contributed by atoms with van der Waals surface area (Å²) in [5, 5.41) is 11.5. The van der Waals surface area contributed by atoms with Gasteiger partial charge in [0.25, 0.3) is 11.6 Å². The van der Waals surface area contributed by atoms with E-state index in [4.69, 9.17) is 4.98 Å². The number of carbonyl (C=O) groups excluding carboxylic acids is 1. The lowest BCUT2D eigenvalue weighted by Crippen LogP contribution is -2.36. The van der Waals surface area contributed by atoms with E-state index in [0.29, 0.717) is 23.8 Å². The number of nitro groups is 1. The Morgan fingerprint density at radius 1 is 1.14 bits per heavy atom. The van der Waals surface area contributed by atoms with Crippen LogP contribution in [0.4, 0.5) is 10.8 Å². The molecule has 7 nitrogen and oxygen atoms in total. The first-order valence-electron chi connectivity index (χ1n) is 8.85. The highest BCUT2D eigenvalue weighted by Gasteiger charge is 2.22. The molecule has 0 N–H and O–H groups in total. The number of anilines is 1. The molecule has 8 heteroatoms. The minimum absolute atomic E-state index is 0.0394. The molecule has 3 rings (SSSR count). The number of rotatable bonds is 6.